The predicted molar refractivity (Wildman–Crippen MR) is 202 cm³/mol. The van der Waals surface area contributed by atoms with Crippen molar-refractivity contribution in [2.45, 2.75) is 7.43 Å². The summed E-state index contributed by atoms with van der Waals surface area (Å²) < 4.78 is 51.2. The minimum Gasteiger partial charge on any atom is -0.305 e. The van der Waals surface area contributed by atoms with Gasteiger partial charge >= 0.3 is 20.1 Å². The maximum atomic E-state index is 12.8. The Labute approximate surface area is 326 Å². The van der Waals surface area contributed by atoms with Crippen molar-refractivity contribution in [2.75, 3.05) is 0 Å². The molecule has 54 heavy (non-hydrogen) atoms. The average molecular weight is 898 g/mol. The molecule has 0 radical (unpaired) electrons. The van der Waals surface area contributed by atoms with Crippen molar-refractivity contribution in [1.29, 1.82) is 0 Å². The van der Waals surface area contributed by atoms with E-state index in [1.807, 2.05) is 78.9 Å². The van der Waals surface area contributed by atoms with Crippen LogP contribution >= 0.6 is 0 Å². The molecule has 9 heteroatoms. The molecule has 4 aromatic carbocycles. The minimum absolute atomic E-state index is 0. The van der Waals surface area contributed by atoms with Crippen LogP contribution in [-0.2, 0) is 20.1 Å². The standard InChI is InChI=1S/C11H8FN.3C11H7FN.CH4.Ir/c4*12-10-5-3-4-9(8-10)11-6-1-2-7-13-11;;/h1-8H;3*1-3,5-8H;1H4;/q;3*-1;;+3. The van der Waals surface area contributed by atoms with E-state index in [1.54, 1.807) is 49.1 Å². The molecule has 4 heterocycles. The van der Waals surface area contributed by atoms with Gasteiger partial charge in [-0.2, -0.15) is 0 Å². The third-order valence-corrected chi connectivity index (χ3v) is 6.90. The number of pyridine rings is 4. The Morgan fingerprint density at radius 3 is 0.981 bits per heavy atom. The summed E-state index contributed by atoms with van der Waals surface area (Å²) in [7, 11) is 0. The van der Waals surface area contributed by atoms with E-state index in [1.165, 1.54) is 48.5 Å². The quantitative estimate of drug-likeness (QED) is 0.130. The van der Waals surface area contributed by atoms with Gasteiger partial charge in [0.2, 0.25) is 0 Å². The van der Waals surface area contributed by atoms with E-state index < -0.39 is 0 Å². The zero-order chi connectivity index (χ0) is 36.4. The van der Waals surface area contributed by atoms with Gasteiger partial charge in [0.15, 0.2) is 0 Å². The summed E-state index contributed by atoms with van der Waals surface area (Å²) >= 11 is 0. The summed E-state index contributed by atoms with van der Waals surface area (Å²) in [5.41, 5.74) is 5.86. The van der Waals surface area contributed by atoms with E-state index in [0.717, 1.165) is 28.3 Å². The third-order valence-electron chi connectivity index (χ3n) is 6.90. The van der Waals surface area contributed by atoms with Gasteiger partial charge in [0.1, 0.15) is 5.82 Å². The second-order valence-electron chi connectivity index (χ2n) is 10.6. The van der Waals surface area contributed by atoms with Crippen LogP contribution in [0.15, 0.2) is 176 Å². The van der Waals surface area contributed by atoms with Crippen LogP contribution in [0.25, 0.3) is 45.0 Å². The van der Waals surface area contributed by atoms with Crippen molar-refractivity contribution in [2.24, 2.45) is 0 Å². The van der Waals surface area contributed by atoms with Crippen LogP contribution in [0.2, 0.25) is 0 Å². The van der Waals surface area contributed by atoms with Gasteiger partial charge in [0.05, 0.1) is 5.69 Å². The molecule has 0 fully saturated rings. The first-order valence-corrected chi connectivity index (χ1v) is 15.9. The molecule has 0 N–H and O–H groups in total. The van der Waals surface area contributed by atoms with Gasteiger partial charge in [0.25, 0.3) is 0 Å². The minimum atomic E-state index is -0.264. The zero-order valence-electron chi connectivity index (χ0n) is 27.9. The van der Waals surface area contributed by atoms with Crippen molar-refractivity contribution < 1.29 is 37.7 Å². The maximum absolute atomic E-state index is 12.8. The normalized spacial score (nSPS) is 9.56. The summed E-state index contributed by atoms with van der Waals surface area (Å²) in [6.07, 6.45) is 6.72. The molecule has 0 aliphatic carbocycles. The number of nitrogens with zero attached hydrogens (tertiary/aromatic N) is 4. The molecule has 0 spiro atoms. The van der Waals surface area contributed by atoms with Crippen molar-refractivity contribution in [3.63, 3.8) is 0 Å². The Morgan fingerprint density at radius 2 is 0.685 bits per heavy atom. The van der Waals surface area contributed by atoms with E-state index in [9.17, 15) is 17.6 Å². The summed E-state index contributed by atoms with van der Waals surface area (Å²) in [4.78, 5) is 16.4. The molecule has 4 nitrogen and oxygen atoms in total. The third kappa shape index (κ3) is 13.8. The Morgan fingerprint density at radius 1 is 0.352 bits per heavy atom. The van der Waals surface area contributed by atoms with E-state index >= 15 is 0 Å². The molecule has 0 saturated heterocycles. The van der Waals surface area contributed by atoms with E-state index in [2.05, 4.69) is 38.1 Å². The number of halogens is 4. The topological polar surface area (TPSA) is 51.6 Å². The van der Waals surface area contributed by atoms with Crippen LogP contribution in [-0.4, -0.2) is 19.9 Å². The van der Waals surface area contributed by atoms with Crippen LogP contribution in [0.5, 0.6) is 0 Å². The molecule has 8 aromatic rings. The van der Waals surface area contributed by atoms with Gasteiger partial charge in [0, 0.05) is 47.8 Å². The van der Waals surface area contributed by atoms with Crippen LogP contribution in [0.1, 0.15) is 7.43 Å². The second-order valence-corrected chi connectivity index (χ2v) is 10.6. The molecular weight excluding hydrogens is 865 g/mol. The van der Waals surface area contributed by atoms with Crippen LogP contribution in [0.4, 0.5) is 17.6 Å². The largest absolute Gasteiger partial charge is 3.00 e. The fourth-order valence-electron chi connectivity index (χ4n) is 4.51. The molecule has 0 aliphatic heterocycles. The van der Waals surface area contributed by atoms with Crippen molar-refractivity contribution in [3.8, 4) is 45.0 Å². The van der Waals surface area contributed by atoms with Crippen molar-refractivity contribution in [3.05, 3.63) is 218 Å². The molecule has 4 aromatic heterocycles. The van der Waals surface area contributed by atoms with Crippen LogP contribution in [0, 0.1) is 41.5 Å². The molecule has 0 aliphatic rings. The molecule has 8 rings (SSSR count). The number of benzene rings is 4. The average Bonchev–Trinajstić information content (AvgIpc) is 3.20. The first-order chi connectivity index (χ1) is 25.4. The number of hydrogen-bond acceptors (Lipinski definition) is 4. The summed E-state index contributed by atoms with van der Waals surface area (Å²) in [6.45, 7) is 0. The van der Waals surface area contributed by atoms with E-state index in [0.29, 0.717) is 16.7 Å². The SMILES string of the molecule is C.Fc1cc[c-]c(-c2ccccn2)c1.Fc1cc[c-]c(-c2ccccn2)c1.Fc1cc[c-]c(-c2ccccn2)c1.Fc1cccc(-c2ccccn2)c1.[Ir+3]. The molecule has 270 valence electrons. The number of hydrogen-bond donors (Lipinski definition) is 0. The van der Waals surface area contributed by atoms with E-state index in [4.69, 9.17) is 0 Å². The van der Waals surface area contributed by atoms with Crippen molar-refractivity contribution >= 4 is 0 Å². The molecule has 0 unspecified atom stereocenters. The molecule has 0 saturated carbocycles. The molecule has 0 bridgehead atoms. The zero-order valence-corrected chi connectivity index (χ0v) is 30.3. The van der Waals surface area contributed by atoms with Gasteiger partial charge in [-0.1, -0.05) is 62.0 Å². The van der Waals surface area contributed by atoms with Gasteiger partial charge in [-0.25, -0.2) is 17.6 Å². The molecular formula is C45H33F4IrN4. The van der Waals surface area contributed by atoms with Crippen LogP contribution < -0.4 is 0 Å². The van der Waals surface area contributed by atoms with E-state index in [-0.39, 0.29) is 50.8 Å². The molecule has 0 amide bonds. The maximum Gasteiger partial charge on any atom is 3.00 e. The Bertz CT molecular complexity index is 1920. The summed E-state index contributed by atoms with van der Waals surface area (Å²) in [5, 5.41) is 0. The van der Waals surface area contributed by atoms with Gasteiger partial charge in [-0.05, 0) is 59.5 Å². The van der Waals surface area contributed by atoms with Gasteiger partial charge in [-0.3, -0.25) is 4.98 Å². The van der Waals surface area contributed by atoms with Gasteiger partial charge in [-0.15, -0.1) is 89.5 Å². The summed E-state index contributed by atoms with van der Waals surface area (Å²) in [5.74, 6) is -1.03. The second kappa shape index (κ2) is 22.7. The first kappa shape index (κ1) is 42.3. The number of rotatable bonds is 4. The van der Waals surface area contributed by atoms with Crippen LogP contribution in [0.3, 0.4) is 0 Å². The van der Waals surface area contributed by atoms with Crippen molar-refractivity contribution in [1.82, 2.24) is 19.9 Å². The fraction of sp³-hybridized carbons (Fsp3) is 0.0222. The Hall–Kier alpha value is -6.15. The first-order valence-electron chi connectivity index (χ1n) is 15.9. The Kier molecular flexibility index (Phi) is 17.8. The predicted octanol–water partition coefficient (Wildman–Crippen LogP) is 11.6. The monoisotopic (exact) mass is 898 g/mol. The Balaban J connectivity index is 0.000000191. The smallest absolute Gasteiger partial charge is 0.305 e. The fourth-order valence-corrected chi connectivity index (χ4v) is 4.51. The summed E-state index contributed by atoms with van der Waals surface area (Å²) in [6, 6.07) is 50.3. The number of aromatic nitrogens is 4. The molecule has 0 atom stereocenters. The van der Waals surface area contributed by atoms with Gasteiger partial charge < -0.3 is 15.0 Å².